The molecule has 0 aliphatic carbocycles. The van der Waals surface area contributed by atoms with Crippen molar-refractivity contribution in [3.8, 4) is 0 Å². The fourth-order valence-corrected chi connectivity index (χ4v) is 4.75. The number of thioether (sulfide) groups is 2. The van der Waals surface area contributed by atoms with Gasteiger partial charge in [0.1, 0.15) is 0 Å². The molecule has 102 valence electrons. The molecule has 2 aliphatic heterocycles. The summed E-state index contributed by atoms with van der Waals surface area (Å²) in [5, 5.41) is 0. The van der Waals surface area contributed by atoms with Crippen molar-refractivity contribution in [2.75, 3.05) is 29.8 Å². The van der Waals surface area contributed by atoms with Gasteiger partial charge in [-0.15, -0.1) is 23.5 Å². The van der Waals surface area contributed by atoms with Crippen LogP contribution < -0.4 is 0 Å². The molecule has 1 fully saturated rings. The molecule has 19 heavy (non-hydrogen) atoms. The first-order valence-electron chi connectivity index (χ1n) is 6.94. The highest BCUT2D eigenvalue weighted by Crippen LogP contribution is 2.33. The van der Waals surface area contributed by atoms with Gasteiger partial charge in [-0.3, -0.25) is 9.89 Å². The first kappa shape index (κ1) is 13.5. The predicted octanol–water partition coefficient (Wildman–Crippen LogP) is 3.96. The molecule has 0 radical (unpaired) electrons. The van der Waals surface area contributed by atoms with Crippen molar-refractivity contribution in [2.24, 2.45) is 4.99 Å². The van der Waals surface area contributed by atoms with Crippen LogP contribution in [0.3, 0.4) is 0 Å². The van der Waals surface area contributed by atoms with Gasteiger partial charge in [0.25, 0.3) is 0 Å². The lowest BCUT2D eigenvalue weighted by atomic mass is 9.98. The van der Waals surface area contributed by atoms with Gasteiger partial charge in [-0.05, 0) is 36.0 Å². The Morgan fingerprint density at radius 1 is 1.16 bits per heavy atom. The van der Waals surface area contributed by atoms with Crippen LogP contribution in [0.4, 0.5) is 5.69 Å². The van der Waals surface area contributed by atoms with Crippen molar-refractivity contribution < 1.29 is 0 Å². The maximum Gasteiger partial charge on any atom is 0.0664 e. The van der Waals surface area contributed by atoms with Crippen LogP contribution in [0.25, 0.3) is 0 Å². The first-order chi connectivity index (χ1) is 9.43. The van der Waals surface area contributed by atoms with Gasteiger partial charge in [-0.1, -0.05) is 18.2 Å². The number of rotatable bonds is 3. The number of fused-ring (bicyclic) bond motifs is 1. The average Bonchev–Trinajstić information content (AvgIpc) is 2.81. The highest BCUT2D eigenvalue weighted by Gasteiger charge is 2.19. The quantitative estimate of drug-likeness (QED) is 0.838. The summed E-state index contributed by atoms with van der Waals surface area (Å²) in [5.41, 5.74) is 2.58. The lowest BCUT2D eigenvalue weighted by Crippen LogP contribution is -2.26. The Bertz CT molecular complexity index is 440. The van der Waals surface area contributed by atoms with E-state index in [1.807, 2.05) is 0 Å². The van der Waals surface area contributed by atoms with Crippen LogP contribution in [0.2, 0.25) is 0 Å². The molecule has 2 heterocycles. The Kier molecular flexibility index (Phi) is 4.86. The van der Waals surface area contributed by atoms with E-state index in [-0.39, 0.29) is 0 Å². The van der Waals surface area contributed by atoms with E-state index in [1.54, 1.807) is 0 Å². The van der Waals surface area contributed by atoms with Crippen LogP contribution in [-0.4, -0.2) is 40.9 Å². The minimum Gasteiger partial charge on any atom is -0.285 e. The first-order valence-corrected chi connectivity index (χ1v) is 9.25. The monoisotopic (exact) mass is 292 g/mol. The third kappa shape index (κ3) is 3.56. The number of hydrogen-bond acceptors (Lipinski definition) is 4. The predicted molar refractivity (Wildman–Crippen MR) is 87.9 cm³/mol. The van der Waals surface area contributed by atoms with Crippen LogP contribution in [-0.2, 0) is 0 Å². The second-order valence-corrected chi connectivity index (χ2v) is 7.20. The summed E-state index contributed by atoms with van der Waals surface area (Å²) in [4.78, 5) is 7.11. The second-order valence-electron chi connectivity index (χ2n) is 5.05. The standard InChI is InChI=1S/C15H20N2S2/c1-2-5-15-14(4-1)13(10-16-15)6-7-17-11-18-8-3-9-19-12-17/h1-2,4-5,10,13H,3,6-9,11-12H2. The Balaban J connectivity index is 1.54. The lowest BCUT2D eigenvalue weighted by Gasteiger charge is -2.24. The summed E-state index contributed by atoms with van der Waals surface area (Å²) in [5.74, 6) is 5.54. The van der Waals surface area contributed by atoms with Crippen molar-refractivity contribution in [3.63, 3.8) is 0 Å². The Labute approximate surface area is 124 Å². The van der Waals surface area contributed by atoms with Crippen LogP contribution in [0.1, 0.15) is 24.3 Å². The van der Waals surface area contributed by atoms with Gasteiger partial charge in [-0.2, -0.15) is 0 Å². The van der Waals surface area contributed by atoms with E-state index in [1.165, 1.54) is 53.9 Å². The third-order valence-electron chi connectivity index (χ3n) is 3.61. The summed E-state index contributed by atoms with van der Waals surface area (Å²) in [6.07, 6.45) is 4.70. The molecule has 1 atom stereocenters. The zero-order valence-corrected chi connectivity index (χ0v) is 12.8. The molecule has 1 saturated heterocycles. The van der Waals surface area contributed by atoms with Crippen LogP contribution in [0.15, 0.2) is 29.3 Å². The van der Waals surface area contributed by atoms with E-state index in [9.17, 15) is 0 Å². The number of hydrogen-bond donors (Lipinski definition) is 0. The molecule has 2 nitrogen and oxygen atoms in total. The van der Waals surface area contributed by atoms with Crippen molar-refractivity contribution in [1.82, 2.24) is 4.90 Å². The molecular formula is C15H20N2S2. The largest absolute Gasteiger partial charge is 0.285 e. The smallest absolute Gasteiger partial charge is 0.0664 e. The van der Waals surface area contributed by atoms with Crippen molar-refractivity contribution in [3.05, 3.63) is 29.8 Å². The molecule has 0 bridgehead atoms. The summed E-state index contributed by atoms with van der Waals surface area (Å²) in [6.45, 7) is 1.19. The van der Waals surface area contributed by atoms with E-state index in [2.05, 4.69) is 63.9 Å². The Morgan fingerprint density at radius 3 is 2.79 bits per heavy atom. The SMILES string of the molecule is C1=Nc2ccccc2C1CCN1CSCCCSC1. The van der Waals surface area contributed by atoms with Gasteiger partial charge in [0.15, 0.2) is 0 Å². The van der Waals surface area contributed by atoms with E-state index in [0.717, 1.165) is 0 Å². The summed E-state index contributed by atoms with van der Waals surface area (Å²) in [7, 11) is 0. The van der Waals surface area contributed by atoms with E-state index >= 15 is 0 Å². The minimum absolute atomic E-state index is 0.525. The molecule has 3 rings (SSSR count). The topological polar surface area (TPSA) is 15.6 Å². The summed E-state index contributed by atoms with van der Waals surface area (Å²) >= 11 is 4.17. The number of benzene rings is 1. The summed E-state index contributed by atoms with van der Waals surface area (Å²) < 4.78 is 0. The summed E-state index contributed by atoms with van der Waals surface area (Å²) in [6, 6.07) is 8.55. The molecule has 1 aromatic rings. The van der Waals surface area contributed by atoms with Crippen LogP contribution in [0.5, 0.6) is 0 Å². The molecule has 1 aromatic carbocycles. The molecule has 1 unspecified atom stereocenters. The van der Waals surface area contributed by atoms with Crippen molar-refractivity contribution >= 4 is 35.4 Å². The number of aliphatic imine (C=N–C) groups is 1. The van der Waals surface area contributed by atoms with Crippen molar-refractivity contribution in [2.45, 2.75) is 18.8 Å². The molecule has 0 aromatic heterocycles. The second kappa shape index (κ2) is 6.82. The maximum absolute atomic E-state index is 4.52. The van der Waals surface area contributed by atoms with Gasteiger partial charge in [-0.25, -0.2) is 0 Å². The molecule has 0 spiro atoms. The molecule has 0 amide bonds. The van der Waals surface area contributed by atoms with Crippen LogP contribution >= 0.6 is 23.5 Å². The zero-order valence-electron chi connectivity index (χ0n) is 11.1. The fourth-order valence-electron chi connectivity index (χ4n) is 2.54. The van der Waals surface area contributed by atoms with Crippen LogP contribution in [0, 0.1) is 0 Å². The Hall–Kier alpha value is -0.450. The van der Waals surface area contributed by atoms with Crippen molar-refractivity contribution in [1.29, 1.82) is 0 Å². The lowest BCUT2D eigenvalue weighted by molar-refractivity contribution is 0.367. The van der Waals surface area contributed by atoms with E-state index < -0.39 is 0 Å². The Morgan fingerprint density at radius 2 is 1.95 bits per heavy atom. The van der Waals surface area contributed by atoms with Gasteiger partial charge in [0.05, 0.1) is 5.69 Å². The van der Waals surface area contributed by atoms with Gasteiger partial charge in [0.2, 0.25) is 0 Å². The minimum atomic E-state index is 0.525. The van der Waals surface area contributed by atoms with E-state index in [4.69, 9.17) is 0 Å². The van der Waals surface area contributed by atoms with E-state index in [0.29, 0.717) is 5.92 Å². The maximum atomic E-state index is 4.52. The fraction of sp³-hybridized carbons (Fsp3) is 0.533. The molecule has 4 heteroatoms. The molecule has 0 N–H and O–H groups in total. The highest BCUT2D eigenvalue weighted by molar-refractivity contribution is 8.00. The average molecular weight is 292 g/mol. The molecule has 2 aliphatic rings. The molecule has 0 saturated carbocycles. The zero-order chi connectivity index (χ0) is 12.9. The third-order valence-corrected chi connectivity index (χ3v) is 5.86. The highest BCUT2D eigenvalue weighted by atomic mass is 32.2. The molecular weight excluding hydrogens is 272 g/mol. The number of para-hydroxylation sites is 1. The van der Waals surface area contributed by atoms with Gasteiger partial charge >= 0.3 is 0 Å². The van der Waals surface area contributed by atoms with Gasteiger partial charge < -0.3 is 0 Å². The van der Waals surface area contributed by atoms with Gasteiger partial charge in [0, 0.05) is 30.4 Å². The normalized spacial score (nSPS) is 23.9. The number of nitrogens with zero attached hydrogens (tertiary/aromatic N) is 2.